The fraction of sp³-hybridized carbons (Fsp3) is 0.471. The number of carbonyl (C=O) groups excluding carboxylic acids is 1. The van der Waals surface area contributed by atoms with E-state index in [-0.39, 0.29) is 23.5 Å². The summed E-state index contributed by atoms with van der Waals surface area (Å²) in [4.78, 5) is 12.6. The predicted octanol–water partition coefficient (Wildman–Crippen LogP) is 3.77. The third-order valence-corrected chi connectivity index (χ3v) is 5.68. The zero-order chi connectivity index (χ0) is 15.5. The summed E-state index contributed by atoms with van der Waals surface area (Å²) >= 11 is 3.50. The molecule has 2 fully saturated rings. The van der Waals surface area contributed by atoms with Gasteiger partial charge in [0, 0.05) is 28.3 Å². The standard InChI is InChI=1S/C17H18BrNO3/c1-9(20)14-15-11-8-10(18)5-6-13(11)22-17(19-16(14)21)7-3-2-4-12(15)17/h5-6,8,12,15,20H,2-4,7H2,1H3,(H,19,21). The second kappa shape index (κ2) is 4.75. The van der Waals surface area contributed by atoms with Crippen LogP contribution in [0.25, 0.3) is 0 Å². The number of hydrogen-bond acceptors (Lipinski definition) is 3. The maximum Gasteiger partial charge on any atom is 0.254 e. The highest BCUT2D eigenvalue weighted by Gasteiger charge is 2.57. The molecule has 2 heterocycles. The molecule has 4 rings (SSSR count). The Morgan fingerprint density at radius 1 is 1.45 bits per heavy atom. The van der Waals surface area contributed by atoms with E-state index in [9.17, 15) is 9.90 Å². The van der Waals surface area contributed by atoms with E-state index in [1.54, 1.807) is 6.92 Å². The van der Waals surface area contributed by atoms with Crippen molar-refractivity contribution in [1.82, 2.24) is 5.32 Å². The van der Waals surface area contributed by atoms with Crippen LogP contribution in [0.15, 0.2) is 34.0 Å². The smallest absolute Gasteiger partial charge is 0.254 e. The van der Waals surface area contributed by atoms with E-state index in [0.717, 1.165) is 41.5 Å². The van der Waals surface area contributed by atoms with Gasteiger partial charge in [0.1, 0.15) is 5.75 Å². The summed E-state index contributed by atoms with van der Waals surface area (Å²) in [6.45, 7) is 1.60. The van der Waals surface area contributed by atoms with Gasteiger partial charge in [-0.3, -0.25) is 4.79 Å². The van der Waals surface area contributed by atoms with E-state index in [2.05, 4.69) is 21.2 Å². The Balaban J connectivity index is 1.97. The molecule has 3 atom stereocenters. The summed E-state index contributed by atoms with van der Waals surface area (Å²) < 4.78 is 7.25. The van der Waals surface area contributed by atoms with Gasteiger partial charge in [-0.1, -0.05) is 22.4 Å². The van der Waals surface area contributed by atoms with E-state index in [1.807, 2.05) is 18.2 Å². The van der Waals surface area contributed by atoms with Crippen LogP contribution in [-0.4, -0.2) is 16.7 Å². The molecule has 2 N–H and O–H groups in total. The number of rotatable bonds is 0. The van der Waals surface area contributed by atoms with Crippen LogP contribution in [0.3, 0.4) is 0 Å². The number of hydrogen-bond donors (Lipinski definition) is 2. The Morgan fingerprint density at radius 2 is 2.27 bits per heavy atom. The van der Waals surface area contributed by atoms with Crippen molar-refractivity contribution >= 4 is 21.8 Å². The monoisotopic (exact) mass is 363 g/mol. The molecule has 1 aromatic rings. The van der Waals surface area contributed by atoms with Crippen LogP contribution in [0.2, 0.25) is 0 Å². The Hall–Kier alpha value is -1.49. The maximum absolute atomic E-state index is 12.6. The molecule has 2 bridgehead atoms. The molecule has 1 aromatic carbocycles. The van der Waals surface area contributed by atoms with Gasteiger partial charge in [0.2, 0.25) is 0 Å². The summed E-state index contributed by atoms with van der Waals surface area (Å²) in [6, 6.07) is 5.91. The molecule has 0 spiro atoms. The molecule has 2 aliphatic heterocycles. The van der Waals surface area contributed by atoms with Crippen LogP contribution in [0.5, 0.6) is 5.75 Å². The minimum atomic E-state index is -0.611. The summed E-state index contributed by atoms with van der Waals surface area (Å²) in [7, 11) is 0. The fourth-order valence-electron chi connectivity index (χ4n) is 4.33. The van der Waals surface area contributed by atoms with E-state index in [0.29, 0.717) is 5.57 Å². The van der Waals surface area contributed by atoms with Crippen molar-refractivity contribution in [3.8, 4) is 5.75 Å². The number of allylic oxidation sites excluding steroid dienone is 1. The summed E-state index contributed by atoms with van der Waals surface area (Å²) in [5.41, 5.74) is 0.875. The van der Waals surface area contributed by atoms with Crippen molar-refractivity contribution in [3.05, 3.63) is 39.6 Å². The van der Waals surface area contributed by atoms with E-state index in [4.69, 9.17) is 4.74 Å². The van der Waals surface area contributed by atoms with Crippen molar-refractivity contribution in [3.63, 3.8) is 0 Å². The first-order chi connectivity index (χ1) is 10.5. The van der Waals surface area contributed by atoms with Crippen LogP contribution < -0.4 is 10.1 Å². The predicted molar refractivity (Wildman–Crippen MR) is 85.7 cm³/mol. The molecule has 0 aromatic heterocycles. The Kier molecular flexibility index (Phi) is 3.05. The van der Waals surface area contributed by atoms with Gasteiger partial charge in [0.15, 0.2) is 5.72 Å². The van der Waals surface area contributed by atoms with Gasteiger partial charge in [0.25, 0.3) is 5.91 Å². The van der Waals surface area contributed by atoms with E-state index in [1.165, 1.54) is 0 Å². The summed E-state index contributed by atoms with van der Waals surface area (Å²) in [6.07, 6.45) is 4.00. The number of aliphatic hydroxyl groups excluding tert-OH is 1. The second-order valence-corrected chi connectivity index (χ2v) is 7.37. The van der Waals surface area contributed by atoms with Crippen LogP contribution in [0, 0.1) is 5.92 Å². The largest absolute Gasteiger partial charge is 0.512 e. The number of nitrogens with one attached hydrogen (secondary N) is 1. The SMILES string of the molecule is CC(O)=C1C(=O)NC23CCCCC2C1c1cc(Br)ccc1O3. The average Bonchev–Trinajstić information content (AvgIpc) is 2.46. The quantitative estimate of drug-likeness (QED) is 0.544. The van der Waals surface area contributed by atoms with Crippen molar-refractivity contribution < 1.29 is 14.6 Å². The number of halogens is 1. The normalized spacial score (nSPS) is 34.9. The first-order valence-corrected chi connectivity index (χ1v) is 8.52. The van der Waals surface area contributed by atoms with E-state index < -0.39 is 5.72 Å². The summed E-state index contributed by atoms with van der Waals surface area (Å²) in [5.74, 6) is 0.798. The lowest BCUT2D eigenvalue weighted by Gasteiger charge is -2.54. The molecular weight excluding hydrogens is 346 g/mol. The zero-order valence-corrected chi connectivity index (χ0v) is 13.9. The third-order valence-electron chi connectivity index (χ3n) is 5.18. The van der Waals surface area contributed by atoms with Gasteiger partial charge in [0.05, 0.1) is 11.3 Å². The number of fused-ring (bicyclic) bond motifs is 2. The topological polar surface area (TPSA) is 58.6 Å². The fourth-order valence-corrected chi connectivity index (χ4v) is 4.71. The number of benzene rings is 1. The number of carbonyl (C=O) groups is 1. The first-order valence-electron chi connectivity index (χ1n) is 7.72. The highest BCUT2D eigenvalue weighted by molar-refractivity contribution is 9.10. The van der Waals surface area contributed by atoms with Crippen LogP contribution in [-0.2, 0) is 4.79 Å². The van der Waals surface area contributed by atoms with Crippen molar-refractivity contribution in [2.45, 2.75) is 44.2 Å². The van der Waals surface area contributed by atoms with Crippen LogP contribution >= 0.6 is 15.9 Å². The molecule has 1 aliphatic carbocycles. The van der Waals surface area contributed by atoms with Crippen molar-refractivity contribution in [2.24, 2.45) is 5.92 Å². The van der Waals surface area contributed by atoms with Crippen LogP contribution in [0.4, 0.5) is 0 Å². The number of piperidine rings is 1. The van der Waals surface area contributed by atoms with Gasteiger partial charge < -0.3 is 15.2 Å². The minimum absolute atomic E-state index is 0.0969. The zero-order valence-electron chi connectivity index (χ0n) is 12.4. The highest BCUT2D eigenvalue weighted by Crippen LogP contribution is 2.56. The molecule has 3 unspecified atom stereocenters. The Labute approximate surface area is 137 Å². The van der Waals surface area contributed by atoms with Gasteiger partial charge in [-0.15, -0.1) is 0 Å². The Bertz CT molecular complexity index is 695. The van der Waals surface area contributed by atoms with Gasteiger partial charge in [-0.25, -0.2) is 0 Å². The molecule has 1 amide bonds. The van der Waals surface area contributed by atoms with Crippen molar-refractivity contribution in [2.75, 3.05) is 0 Å². The third kappa shape index (κ3) is 1.84. The molecule has 4 nitrogen and oxygen atoms in total. The number of ether oxygens (including phenoxy) is 1. The van der Waals surface area contributed by atoms with Crippen molar-refractivity contribution in [1.29, 1.82) is 0 Å². The van der Waals surface area contributed by atoms with Crippen LogP contribution in [0.1, 0.15) is 44.1 Å². The molecule has 0 radical (unpaired) electrons. The van der Waals surface area contributed by atoms with Gasteiger partial charge >= 0.3 is 0 Å². The average molecular weight is 364 g/mol. The maximum atomic E-state index is 12.6. The highest BCUT2D eigenvalue weighted by atomic mass is 79.9. The lowest BCUT2D eigenvalue weighted by Crippen LogP contribution is -2.66. The molecule has 116 valence electrons. The molecule has 1 saturated carbocycles. The Morgan fingerprint density at radius 3 is 3.05 bits per heavy atom. The lowest BCUT2D eigenvalue weighted by molar-refractivity contribution is -0.140. The van der Waals surface area contributed by atoms with Gasteiger partial charge in [-0.2, -0.15) is 0 Å². The summed E-state index contributed by atoms with van der Waals surface area (Å²) in [5, 5.41) is 13.2. The lowest BCUT2D eigenvalue weighted by atomic mass is 9.64. The minimum Gasteiger partial charge on any atom is -0.512 e. The van der Waals surface area contributed by atoms with E-state index >= 15 is 0 Å². The number of amides is 1. The second-order valence-electron chi connectivity index (χ2n) is 6.46. The number of aliphatic hydroxyl groups is 1. The van der Waals surface area contributed by atoms with Gasteiger partial charge in [-0.05, 0) is 38.0 Å². The molecule has 22 heavy (non-hydrogen) atoms. The molecule has 5 heteroatoms. The molecule has 1 saturated heterocycles. The first kappa shape index (κ1) is 14.1. The molecule has 3 aliphatic rings. The molecular formula is C17H18BrNO3.